The van der Waals surface area contributed by atoms with E-state index in [0.29, 0.717) is 5.41 Å². The van der Waals surface area contributed by atoms with Gasteiger partial charge in [0.05, 0.1) is 3.79 Å². The zero-order valence-corrected chi connectivity index (χ0v) is 11.7. The van der Waals surface area contributed by atoms with E-state index in [-0.39, 0.29) is 0 Å². The molecule has 86 valence electrons. The maximum absolute atomic E-state index is 5.57. The van der Waals surface area contributed by atoms with Gasteiger partial charge in [0.25, 0.3) is 0 Å². The Hall–Kier alpha value is 0.1000. The van der Waals surface area contributed by atoms with Gasteiger partial charge in [-0.15, -0.1) is 11.3 Å². The zero-order chi connectivity index (χ0) is 11.3. The number of nitrogens with one attached hydrogen (secondary N) is 1. The Morgan fingerprint density at radius 2 is 2.20 bits per heavy atom. The molecular weight excluding hydrogens is 272 g/mol. The average Bonchev–Trinajstić information content (AvgIpc) is 2.51. The third-order valence-corrected chi connectivity index (χ3v) is 3.98. The van der Waals surface area contributed by atoms with E-state index in [0.717, 1.165) is 26.1 Å². The first-order valence-electron chi connectivity index (χ1n) is 5.18. The number of halogens is 1. The smallest absolute Gasteiger partial charge is 0.0701 e. The fourth-order valence-electron chi connectivity index (χ4n) is 1.45. The van der Waals surface area contributed by atoms with Crippen molar-refractivity contribution in [2.24, 2.45) is 11.1 Å². The molecule has 0 atom stereocenters. The summed E-state index contributed by atoms with van der Waals surface area (Å²) < 4.78 is 1.19. The molecule has 15 heavy (non-hydrogen) atoms. The minimum absolute atomic E-state index is 0.295. The second-order valence-electron chi connectivity index (χ2n) is 4.51. The molecule has 0 aromatic carbocycles. The van der Waals surface area contributed by atoms with Crippen LogP contribution in [0.25, 0.3) is 0 Å². The number of hydrogen-bond donors (Lipinski definition) is 2. The molecule has 0 saturated heterocycles. The van der Waals surface area contributed by atoms with Crippen molar-refractivity contribution in [1.29, 1.82) is 0 Å². The van der Waals surface area contributed by atoms with Crippen LogP contribution in [0.5, 0.6) is 0 Å². The van der Waals surface area contributed by atoms with Gasteiger partial charge in [0, 0.05) is 18.0 Å². The Balaban J connectivity index is 2.27. The maximum atomic E-state index is 5.57. The van der Waals surface area contributed by atoms with E-state index in [1.165, 1.54) is 8.66 Å². The van der Waals surface area contributed by atoms with Gasteiger partial charge in [-0.25, -0.2) is 0 Å². The molecule has 0 radical (unpaired) electrons. The van der Waals surface area contributed by atoms with Crippen molar-refractivity contribution in [1.82, 2.24) is 5.32 Å². The van der Waals surface area contributed by atoms with Crippen LogP contribution in [0.15, 0.2) is 15.9 Å². The SMILES string of the molecule is CC(C)(CCN)CNCc1ccc(Br)s1. The minimum atomic E-state index is 0.295. The third kappa shape index (κ3) is 5.11. The van der Waals surface area contributed by atoms with Crippen LogP contribution in [-0.2, 0) is 6.54 Å². The van der Waals surface area contributed by atoms with Gasteiger partial charge in [0.15, 0.2) is 0 Å². The van der Waals surface area contributed by atoms with Crippen molar-refractivity contribution in [2.75, 3.05) is 13.1 Å². The summed E-state index contributed by atoms with van der Waals surface area (Å²) in [6.45, 7) is 7.22. The normalized spacial score (nSPS) is 12.0. The maximum Gasteiger partial charge on any atom is 0.0701 e. The van der Waals surface area contributed by atoms with Crippen LogP contribution < -0.4 is 11.1 Å². The number of rotatable bonds is 6. The average molecular weight is 291 g/mol. The highest BCUT2D eigenvalue weighted by molar-refractivity contribution is 9.11. The lowest BCUT2D eigenvalue weighted by Gasteiger charge is -2.24. The van der Waals surface area contributed by atoms with E-state index in [1.807, 2.05) is 0 Å². The summed E-state index contributed by atoms with van der Waals surface area (Å²) in [5.74, 6) is 0. The first kappa shape index (κ1) is 13.2. The molecule has 1 aromatic heterocycles. The zero-order valence-electron chi connectivity index (χ0n) is 9.35. The molecule has 0 amide bonds. The highest BCUT2D eigenvalue weighted by atomic mass is 79.9. The number of hydrogen-bond acceptors (Lipinski definition) is 3. The lowest BCUT2D eigenvalue weighted by atomic mass is 9.89. The van der Waals surface area contributed by atoms with Crippen LogP contribution in [0.1, 0.15) is 25.1 Å². The molecule has 4 heteroatoms. The van der Waals surface area contributed by atoms with E-state index in [2.05, 4.69) is 47.2 Å². The highest BCUT2D eigenvalue weighted by Crippen LogP contribution is 2.22. The summed E-state index contributed by atoms with van der Waals surface area (Å²) >= 11 is 5.24. The van der Waals surface area contributed by atoms with Crippen LogP contribution in [-0.4, -0.2) is 13.1 Å². The van der Waals surface area contributed by atoms with Gasteiger partial charge in [-0.05, 0) is 46.4 Å². The van der Waals surface area contributed by atoms with Gasteiger partial charge in [-0.2, -0.15) is 0 Å². The lowest BCUT2D eigenvalue weighted by molar-refractivity contribution is 0.319. The van der Waals surface area contributed by atoms with Gasteiger partial charge in [0.2, 0.25) is 0 Å². The monoisotopic (exact) mass is 290 g/mol. The van der Waals surface area contributed by atoms with Gasteiger partial charge in [0.1, 0.15) is 0 Å². The van der Waals surface area contributed by atoms with Gasteiger partial charge in [-0.1, -0.05) is 13.8 Å². The predicted molar refractivity (Wildman–Crippen MR) is 71.2 cm³/mol. The Bertz CT molecular complexity index is 297. The third-order valence-electron chi connectivity index (χ3n) is 2.35. The summed E-state index contributed by atoms with van der Waals surface area (Å²) in [5, 5.41) is 3.47. The number of nitrogens with two attached hydrogens (primary N) is 1. The molecular formula is C11H19BrN2S. The van der Waals surface area contributed by atoms with E-state index < -0.39 is 0 Å². The molecule has 0 unspecified atom stereocenters. The summed E-state index contributed by atoms with van der Waals surface area (Å²) in [4.78, 5) is 1.37. The number of thiophene rings is 1. The summed E-state index contributed by atoms with van der Waals surface area (Å²) in [6.07, 6.45) is 1.06. The predicted octanol–water partition coefficient (Wildman–Crippen LogP) is 2.98. The molecule has 3 N–H and O–H groups in total. The van der Waals surface area contributed by atoms with Crippen molar-refractivity contribution in [3.8, 4) is 0 Å². The Kier molecular flexibility index (Phi) is 5.26. The summed E-state index contributed by atoms with van der Waals surface area (Å²) in [7, 11) is 0. The largest absolute Gasteiger partial charge is 0.330 e. The Labute approximate surface area is 104 Å². The van der Waals surface area contributed by atoms with Gasteiger partial charge in [-0.3, -0.25) is 0 Å². The second kappa shape index (κ2) is 5.99. The van der Waals surface area contributed by atoms with E-state index in [9.17, 15) is 0 Å². The first-order valence-corrected chi connectivity index (χ1v) is 6.79. The van der Waals surface area contributed by atoms with Crippen molar-refractivity contribution in [3.63, 3.8) is 0 Å². The molecule has 2 nitrogen and oxygen atoms in total. The fraction of sp³-hybridized carbons (Fsp3) is 0.636. The van der Waals surface area contributed by atoms with Crippen molar-refractivity contribution < 1.29 is 0 Å². The standard InChI is InChI=1S/C11H19BrN2S/c1-11(2,5-6-13)8-14-7-9-3-4-10(12)15-9/h3-4,14H,5-8,13H2,1-2H3. The lowest BCUT2D eigenvalue weighted by Crippen LogP contribution is -2.30. The first-order chi connectivity index (χ1) is 7.03. The summed E-state index contributed by atoms with van der Waals surface area (Å²) in [5.41, 5.74) is 5.86. The molecule has 0 aliphatic heterocycles. The van der Waals surface area contributed by atoms with Gasteiger partial charge < -0.3 is 11.1 Å². The molecule has 1 heterocycles. The second-order valence-corrected chi connectivity index (χ2v) is 7.06. The van der Waals surface area contributed by atoms with Crippen molar-refractivity contribution in [2.45, 2.75) is 26.8 Å². The Morgan fingerprint density at radius 1 is 1.47 bits per heavy atom. The van der Waals surface area contributed by atoms with Crippen LogP contribution in [0.2, 0.25) is 0 Å². The van der Waals surface area contributed by atoms with Crippen LogP contribution >= 0.6 is 27.3 Å². The highest BCUT2D eigenvalue weighted by Gasteiger charge is 2.15. The van der Waals surface area contributed by atoms with Crippen LogP contribution in [0.4, 0.5) is 0 Å². The molecule has 1 aromatic rings. The molecule has 0 bridgehead atoms. The quantitative estimate of drug-likeness (QED) is 0.845. The van der Waals surface area contributed by atoms with Gasteiger partial charge >= 0.3 is 0 Å². The fourth-order valence-corrected chi connectivity index (χ4v) is 2.90. The van der Waals surface area contributed by atoms with E-state index >= 15 is 0 Å². The molecule has 0 spiro atoms. The van der Waals surface area contributed by atoms with Crippen LogP contribution in [0, 0.1) is 5.41 Å². The molecule has 0 aliphatic rings. The van der Waals surface area contributed by atoms with E-state index in [4.69, 9.17) is 5.73 Å². The molecule has 0 aliphatic carbocycles. The molecule has 0 fully saturated rings. The van der Waals surface area contributed by atoms with Crippen LogP contribution in [0.3, 0.4) is 0 Å². The Morgan fingerprint density at radius 3 is 2.73 bits per heavy atom. The minimum Gasteiger partial charge on any atom is -0.330 e. The van der Waals surface area contributed by atoms with Crippen molar-refractivity contribution >= 4 is 27.3 Å². The summed E-state index contributed by atoms with van der Waals surface area (Å²) in [6, 6.07) is 4.24. The molecule has 1 rings (SSSR count). The van der Waals surface area contributed by atoms with Crippen molar-refractivity contribution in [3.05, 3.63) is 20.8 Å². The topological polar surface area (TPSA) is 38.0 Å². The van der Waals surface area contributed by atoms with E-state index in [1.54, 1.807) is 11.3 Å². The molecule has 0 saturated carbocycles.